The van der Waals surface area contributed by atoms with Crippen LogP contribution in [0.1, 0.15) is 34.9 Å². The summed E-state index contributed by atoms with van der Waals surface area (Å²) in [6.45, 7) is 1.41. The molecule has 4 rings (SSSR count). The molecule has 1 aliphatic rings. The number of rotatable bonds is 3. The minimum Gasteiger partial charge on any atom is -0.348 e. The molecule has 1 aliphatic heterocycles. The van der Waals surface area contributed by atoms with Gasteiger partial charge in [0, 0.05) is 37.0 Å². The van der Waals surface area contributed by atoms with Gasteiger partial charge >= 0.3 is 0 Å². The Hall–Kier alpha value is -3.03. The molecule has 0 bridgehead atoms. The molecule has 3 heterocycles. The van der Waals surface area contributed by atoms with Crippen LogP contribution in [0.25, 0.3) is 11.4 Å². The van der Waals surface area contributed by atoms with Crippen LogP contribution >= 0.6 is 0 Å². The number of tetrazole rings is 1. The van der Waals surface area contributed by atoms with Crippen molar-refractivity contribution in [2.45, 2.75) is 18.8 Å². The average Bonchev–Trinajstić information content (AvgIpc) is 3.35. The highest BCUT2D eigenvalue weighted by Crippen LogP contribution is 2.27. The van der Waals surface area contributed by atoms with Crippen molar-refractivity contribution in [1.29, 1.82) is 0 Å². The van der Waals surface area contributed by atoms with Gasteiger partial charge in [-0.15, -0.1) is 10.2 Å². The van der Waals surface area contributed by atoms with Gasteiger partial charge in [-0.2, -0.15) is 5.21 Å². The van der Waals surface area contributed by atoms with Crippen molar-refractivity contribution in [2.75, 3.05) is 13.1 Å². The van der Waals surface area contributed by atoms with Crippen molar-refractivity contribution < 1.29 is 4.79 Å². The summed E-state index contributed by atoms with van der Waals surface area (Å²) >= 11 is 0. The van der Waals surface area contributed by atoms with Gasteiger partial charge in [-0.25, -0.2) is 4.98 Å². The Bertz CT molecular complexity index is 813. The number of nitrogens with one attached hydrogen (secondary N) is 2. The van der Waals surface area contributed by atoms with E-state index < -0.39 is 0 Å². The second-order valence-electron chi connectivity index (χ2n) is 5.85. The van der Waals surface area contributed by atoms with Crippen LogP contribution in [0.3, 0.4) is 0 Å². The van der Waals surface area contributed by atoms with Crippen LogP contribution < -0.4 is 0 Å². The SMILES string of the molecule is O=C(c1ccccc1-c1nn[nH]n1)N1CCCC(c2ncc[nH]2)C1. The Morgan fingerprint density at radius 3 is 3.00 bits per heavy atom. The van der Waals surface area contributed by atoms with Gasteiger partial charge < -0.3 is 9.88 Å². The summed E-state index contributed by atoms with van der Waals surface area (Å²) in [6.07, 6.45) is 5.56. The monoisotopic (exact) mass is 323 g/mol. The first-order chi connectivity index (χ1) is 11.8. The second kappa shape index (κ2) is 6.23. The number of benzene rings is 1. The smallest absolute Gasteiger partial charge is 0.254 e. The van der Waals surface area contributed by atoms with E-state index >= 15 is 0 Å². The van der Waals surface area contributed by atoms with Crippen molar-refractivity contribution in [3.8, 4) is 11.4 Å². The van der Waals surface area contributed by atoms with Crippen molar-refractivity contribution in [1.82, 2.24) is 35.5 Å². The molecule has 122 valence electrons. The van der Waals surface area contributed by atoms with E-state index in [9.17, 15) is 4.79 Å². The molecular formula is C16H17N7O. The highest BCUT2D eigenvalue weighted by Gasteiger charge is 2.28. The maximum atomic E-state index is 13.0. The zero-order valence-corrected chi connectivity index (χ0v) is 13.0. The molecule has 1 aromatic carbocycles. The molecule has 2 N–H and O–H groups in total. The van der Waals surface area contributed by atoms with Gasteiger partial charge in [0.2, 0.25) is 5.82 Å². The number of carbonyl (C=O) groups excluding carboxylic acids is 1. The van der Waals surface area contributed by atoms with Gasteiger partial charge in [-0.1, -0.05) is 18.2 Å². The van der Waals surface area contributed by atoms with E-state index in [-0.39, 0.29) is 11.8 Å². The normalized spacial score (nSPS) is 17.8. The minimum atomic E-state index is -0.00773. The first kappa shape index (κ1) is 14.6. The predicted molar refractivity (Wildman–Crippen MR) is 86.1 cm³/mol. The van der Waals surface area contributed by atoms with Crippen LogP contribution in [0, 0.1) is 0 Å². The van der Waals surface area contributed by atoms with Gasteiger partial charge in [0.15, 0.2) is 0 Å². The first-order valence-electron chi connectivity index (χ1n) is 7.94. The van der Waals surface area contributed by atoms with E-state index in [2.05, 4.69) is 30.6 Å². The lowest BCUT2D eigenvalue weighted by atomic mass is 9.96. The fourth-order valence-corrected chi connectivity index (χ4v) is 3.20. The highest BCUT2D eigenvalue weighted by molar-refractivity contribution is 6.00. The molecule has 1 atom stereocenters. The molecule has 1 fully saturated rings. The van der Waals surface area contributed by atoms with E-state index in [0.717, 1.165) is 25.2 Å². The van der Waals surface area contributed by atoms with E-state index in [1.165, 1.54) is 0 Å². The number of aromatic nitrogens is 6. The Kier molecular flexibility index (Phi) is 3.78. The van der Waals surface area contributed by atoms with Crippen LogP contribution in [-0.2, 0) is 0 Å². The summed E-state index contributed by atoms with van der Waals surface area (Å²) < 4.78 is 0. The maximum Gasteiger partial charge on any atom is 0.254 e. The first-order valence-corrected chi connectivity index (χ1v) is 7.94. The van der Waals surface area contributed by atoms with Crippen molar-refractivity contribution in [3.05, 3.63) is 48.0 Å². The number of hydrogen-bond donors (Lipinski definition) is 2. The molecule has 1 saturated heterocycles. The molecule has 24 heavy (non-hydrogen) atoms. The number of H-pyrrole nitrogens is 2. The minimum absolute atomic E-state index is 0.00773. The van der Waals surface area contributed by atoms with Crippen LogP contribution in [0.5, 0.6) is 0 Å². The van der Waals surface area contributed by atoms with Crippen LogP contribution in [0.2, 0.25) is 0 Å². The Morgan fingerprint density at radius 2 is 2.21 bits per heavy atom. The molecule has 0 spiro atoms. The number of likely N-dealkylation sites (tertiary alicyclic amines) is 1. The number of carbonyl (C=O) groups is 1. The zero-order valence-electron chi connectivity index (χ0n) is 13.0. The number of piperidine rings is 1. The van der Waals surface area contributed by atoms with E-state index in [1.54, 1.807) is 6.20 Å². The lowest BCUT2D eigenvalue weighted by Crippen LogP contribution is -2.39. The van der Waals surface area contributed by atoms with Crippen LogP contribution in [-0.4, -0.2) is 54.5 Å². The average molecular weight is 323 g/mol. The summed E-state index contributed by atoms with van der Waals surface area (Å²) in [5, 5.41) is 14.0. The lowest BCUT2D eigenvalue weighted by molar-refractivity contribution is 0.0705. The van der Waals surface area contributed by atoms with Gasteiger partial charge in [-0.3, -0.25) is 4.79 Å². The van der Waals surface area contributed by atoms with Crippen LogP contribution in [0.15, 0.2) is 36.7 Å². The molecule has 0 aliphatic carbocycles. The molecule has 8 nitrogen and oxygen atoms in total. The third-order valence-electron chi connectivity index (χ3n) is 4.36. The van der Waals surface area contributed by atoms with Gasteiger partial charge in [-0.05, 0) is 24.1 Å². The fourth-order valence-electron chi connectivity index (χ4n) is 3.20. The number of amides is 1. The number of aromatic amines is 2. The van der Waals surface area contributed by atoms with E-state index in [4.69, 9.17) is 0 Å². The van der Waals surface area contributed by atoms with Crippen molar-refractivity contribution in [2.24, 2.45) is 0 Å². The number of nitrogens with zero attached hydrogens (tertiary/aromatic N) is 5. The molecule has 2 aromatic heterocycles. The summed E-state index contributed by atoms with van der Waals surface area (Å²) in [5.74, 6) is 1.61. The van der Waals surface area contributed by atoms with Gasteiger partial charge in [0.1, 0.15) is 5.82 Å². The number of imidazole rings is 1. The topological polar surface area (TPSA) is 103 Å². The number of hydrogen-bond acceptors (Lipinski definition) is 5. The summed E-state index contributed by atoms with van der Waals surface area (Å²) in [6, 6.07) is 7.37. The summed E-state index contributed by atoms with van der Waals surface area (Å²) in [4.78, 5) is 22.4. The molecule has 1 amide bonds. The largest absolute Gasteiger partial charge is 0.348 e. The predicted octanol–water partition coefficient (Wildman–Crippen LogP) is 1.61. The van der Waals surface area contributed by atoms with Crippen LogP contribution in [0.4, 0.5) is 0 Å². The molecule has 0 radical (unpaired) electrons. The fraction of sp³-hybridized carbons (Fsp3) is 0.312. The van der Waals surface area contributed by atoms with Crippen molar-refractivity contribution in [3.63, 3.8) is 0 Å². The zero-order chi connectivity index (χ0) is 16.4. The molecular weight excluding hydrogens is 306 g/mol. The molecule has 8 heteroatoms. The molecule has 3 aromatic rings. The standard InChI is InChI=1S/C16H17N7O/c24-16(13-6-2-1-5-12(13)15-19-21-22-20-15)23-9-3-4-11(10-23)14-17-7-8-18-14/h1-2,5-8,11H,3-4,9-10H2,(H,17,18)(H,19,20,21,22). The van der Waals surface area contributed by atoms with Gasteiger partial charge in [0.25, 0.3) is 5.91 Å². The highest BCUT2D eigenvalue weighted by atomic mass is 16.2. The van der Waals surface area contributed by atoms with E-state index in [1.807, 2.05) is 35.4 Å². The van der Waals surface area contributed by atoms with Gasteiger partial charge in [0.05, 0.1) is 5.56 Å². The maximum absolute atomic E-state index is 13.0. The van der Waals surface area contributed by atoms with Crippen molar-refractivity contribution >= 4 is 5.91 Å². The quantitative estimate of drug-likeness (QED) is 0.762. The summed E-state index contributed by atoms with van der Waals surface area (Å²) in [7, 11) is 0. The third kappa shape index (κ3) is 2.66. The Balaban J connectivity index is 1.60. The Labute approximate surface area is 138 Å². The Morgan fingerprint density at radius 1 is 1.29 bits per heavy atom. The second-order valence-corrected chi connectivity index (χ2v) is 5.85. The molecule has 0 saturated carbocycles. The lowest BCUT2D eigenvalue weighted by Gasteiger charge is -2.32. The third-order valence-corrected chi connectivity index (χ3v) is 4.36. The van der Waals surface area contributed by atoms with E-state index in [0.29, 0.717) is 23.5 Å². The summed E-state index contributed by atoms with van der Waals surface area (Å²) in [5.41, 5.74) is 1.29. The molecule has 1 unspecified atom stereocenters.